The summed E-state index contributed by atoms with van der Waals surface area (Å²) >= 11 is 1.86. The third-order valence-electron chi connectivity index (χ3n) is 13.8. The summed E-state index contributed by atoms with van der Waals surface area (Å²) in [5.74, 6) is 0.687. The lowest BCUT2D eigenvalue weighted by Gasteiger charge is -2.34. The highest BCUT2D eigenvalue weighted by Gasteiger charge is 2.46. The first-order valence-electron chi connectivity index (χ1n) is 23.2. The summed E-state index contributed by atoms with van der Waals surface area (Å²) in [5.41, 5.74) is 18.8. The van der Waals surface area contributed by atoms with Gasteiger partial charge in [0.05, 0.1) is 16.8 Å². The molecule has 0 bridgehead atoms. The minimum absolute atomic E-state index is 0.506. The standard InChI is InChI=1S/C65H42N2S/c1-5-20-43(21-6-1)47-39-48(52-32-19-36-58-62(52)56-31-13-15-35-57(56)65(58,50-26-9-3-10-27-50)51-28-11-4-12-29-51)41-49(40-47)60-42-59(66-64(67-60)44-22-7-2-8-23-44)46-25-17-24-45(38-46)53-33-18-34-55-54-30-14-16-37-61(54)68-63(53)55/h1-42H. The number of hydrogen-bond acceptors (Lipinski definition) is 3. The lowest BCUT2D eigenvalue weighted by molar-refractivity contribution is 0.768. The predicted molar refractivity (Wildman–Crippen MR) is 285 cm³/mol. The second-order valence-corrected chi connectivity index (χ2v) is 18.7. The minimum Gasteiger partial charge on any atom is -0.228 e. The van der Waals surface area contributed by atoms with E-state index >= 15 is 0 Å². The molecule has 1 aliphatic rings. The molecule has 0 saturated heterocycles. The highest BCUT2D eigenvalue weighted by molar-refractivity contribution is 7.26. The maximum atomic E-state index is 5.42. The summed E-state index contributed by atoms with van der Waals surface area (Å²) in [4.78, 5) is 10.7. The quantitative estimate of drug-likeness (QED) is 0.152. The van der Waals surface area contributed by atoms with Crippen LogP contribution in [0.1, 0.15) is 22.3 Å². The van der Waals surface area contributed by atoms with Gasteiger partial charge in [0.25, 0.3) is 0 Å². The van der Waals surface area contributed by atoms with E-state index in [1.807, 2.05) is 17.4 Å². The third-order valence-corrected chi connectivity index (χ3v) is 15.0. The van der Waals surface area contributed by atoms with Crippen LogP contribution in [0, 0.1) is 0 Å². The Kier molecular flexibility index (Phi) is 9.62. The van der Waals surface area contributed by atoms with Gasteiger partial charge in [0.1, 0.15) is 0 Å². The lowest BCUT2D eigenvalue weighted by Crippen LogP contribution is -2.28. The van der Waals surface area contributed by atoms with E-state index in [0.29, 0.717) is 5.82 Å². The van der Waals surface area contributed by atoms with Crippen molar-refractivity contribution in [1.82, 2.24) is 9.97 Å². The molecule has 12 aromatic rings. The summed E-state index contributed by atoms with van der Waals surface area (Å²) in [6.07, 6.45) is 0. The Morgan fingerprint density at radius 1 is 0.309 bits per heavy atom. The van der Waals surface area contributed by atoms with Crippen molar-refractivity contribution in [2.24, 2.45) is 0 Å². The van der Waals surface area contributed by atoms with Gasteiger partial charge in [-0.15, -0.1) is 11.3 Å². The summed E-state index contributed by atoms with van der Waals surface area (Å²) < 4.78 is 2.59. The Balaban J connectivity index is 1.03. The van der Waals surface area contributed by atoms with Gasteiger partial charge < -0.3 is 0 Å². The number of nitrogens with zero attached hydrogens (tertiary/aromatic N) is 2. The van der Waals surface area contributed by atoms with Crippen molar-refractivity contribution in [3.63, 3.8) is 0 Å². The normalized spacial score (nSPS) is 12.5. The van der Waals surface area contributed by atoms with Crippen LogP contribution in [-0.4, -0.2) is 9.97 Å². The molecule has 0 amide bonds. The molecular formula is C65H42N2S. The highest BCUT2D eigenvalue weighted by Crippen LogP contribution is 2.58. The second-order valence-electron chi connectivity index (χ2n) is 17.6. The van der Waals surface area contributed by atoms with Crippen LogP contribution in [0.5, 0.6) is 0 Å². The monoisotopic (exact) mass is 882 g/mol. The van der Waals surface area contributed by atoms with Crippen molar-refractivity contribution in [2.75, 3.05) is 0 Å². The highest BCUT2D eigenvalue weighted by atomic mass is 32.1. The fraction of sp³-hybridized carbons (Fsp3) is 0.0154. The Morgan fingerprint density at radius 3 is 1.57 bits per heavy atom. The summed E-state index contributed by atoms with van der Waals surface area (Å²) in [7, 11) is 0. The molecule has 0 aliphatic heterocycles. The smallest absolute Gasteiger partial charge is 0.160 e. The molecule has 2 aromatic heterocycles. The van der Waals surface area contributed by atoms with Crippen LogP contribution in [-0.2, 0) is 5.41 Å². The molecule has 68 heavy (non-hydrogen) atoms. The minimum atomic E-state index is -0.506. The van der Waals surface area contributed by atoms with Crippen molar-refractivity contribution >= 4 is 31.5 Å². The van der Waals surface area contributed by atoms with Crippen LogP contribution < -0.4 is 0 Å². The summed E-state index contributed by atoms with van der Waals surface area (Å²) in [6, 6.07) is 92.5. The third kappa shape index (κ3) is 6.54. The van der Waals surface area contributed by atoms with Gasteiger partial charge in [-0.25, -0.2) is 9.97 Å². The van der Waals surface area contributed by atoms with Crippen LogP contribution in [0.2, 0.25) is 0 Å². The first kappa shape index (κ1) is 39.8. The lowest BCUT2D eigenvalue weighted by atomic mass is 9.67. The number of rotatable bonds is 8. The molecule has 0 N–H and O–H groups in total. The van der Waals surface area contributed by atoms with E-state index in [9.17, 15) is 0 Å². The van der Waals surface area contributed by atoms with Crippen LogP contribution >= 0.6 is 11.3 Å². The SMILES string of the molecule is c1ccc(-c2cc(-c3cc(-c4cccc(-c5cccc6c5sc5ccccc56)c4)nc(-c4ccccc4)n3)cc(-c3cccc4c3-c3ccccc3C4(c3ccccc3)c3ccccc3)c2)cc1. The number of thiophene rings is 1. The van der Waals surface area contributed by atoms with Crippen LogP contribution in [0.4, 0.5) is 0 Å². The van der Waals surface area contributed by atoms with E-state index in [2.05, 4.69) is 249 Å². The molecule has 0 radical (unpaired) electrons. The van der Waals surface area contributed by atoms with Crippen molar-refractivity contribution in [3.05, 3.63) is 277 Å². The zero-order chi connectivity index (χ0) is 45.0. The van der Waals surface area contributed by atoms with Crippen molar-refractivity contribution in [3.8, 4) is 78.4 Å². The average Bonchev–Trinajstić information content (AvgIpc) is 3.96. The first-order chi connectivity index (χ1) is 33.7. The van der Waals surface area contributed by atoms with Crippen LogP contribution in [0.25, 0.3) is 98.6 Å². The first-order valence-corrected chi connectivity index (χ1v) is 24.0. The largest absolute Gasteiger partial charge is 0.228 e. The molecule has 0 saturated carbocycles. The Hall–Kier alpha value is -8.50. The maximum absolute atomic E-state index is 5.42. The van der Waals surface area contributed by atoms with Gasteiger partial charge in [-0.3, -0.25) is 0 Å². The second kappa shape index (κ2) is 16.4. The van der Waals surface area contributed by atoms with Gasteiger partial charge in [-0.05, 0) is 103 Å². The summed E-state index contributed by atoms with van der Waals surface area (Å²) in [6.45, 7) is 0. The van der Waals surface area contributed by atoms with Crippen LogP contribution in [0.3, 0.4) is 0 Å². The summed E-state index contributed by atoms with van der Waals surface area (Å²) in [5, 5.41) is 2.59. The van der Waals surface area contributed by atoms with Gasteiger partial charge in [0.15, 0.2) is 5.82 Å². The van der Waals surface area contributed by atoms with E-state index in [0.717, 1.165) is 50.3 Å². The average molecular weight is 883 g/mol. The zero-order valence-electron chi connectivity index (χ0n) is 37.1. The van der Waals surface area contributed by atoms with Gasteiger partial charge in [0, 0.05) is 36.9 Å². The van der Waals surface area contributed by atoms with E-state index in [-0.39, 0.29) is 0 Å². The number of hydrogen-bond donors (Lipinski definition) is 0. The molecule has 0 atom stereocenters. The Bertz CT molecular complexity index is 3800. The van der Waals surface area contributed by atoms with Gasteiger partial charge in [-0.1, -0.05) is 218 Å². The molecular weight excluding hydrogens is 841 g/mol. The van der Waals surface area contributed by atoms with Crippen molar-refractivity contribution in [1.29, 1.82) is 0 Å². The molecule has 318 valence electrons. The zero-order valence-corrected chi connectivity index (χ0v) is 37.9. The number of aromatic nitrogens is 2. The van der Waals surface area contributed by atoms with E-state index in [1.54, 1.807) is 0 Å². The molecule has 2 nitrogen and oxygen atoms in total. The molecule has 0 fully saturated rings. The fourth-order valence-electron chi connectivity index (χ4n) is 10.7. The maximum Gasteiger partial charge on any atom is 0.160 e. The Morgan fingerprint density at radius 2 is 0.809 bits per heavy atom. The van der Waals surface area contributed by atoms with Gasteiger partial charge in [-0.2, -0.15) is 0 Å². The fourth-order valence-corrected chi connectivity index (χ4v) is 12.0. The molecule has 3 heteroatoms. The Labute approximate surface area is 400 Å². The van der Waals surface area contributed by atoms with E-state index in [4.69, 9.17) is 9.97 Å². The van der Waals surface area contributed by atoms with Crippen LogP contribution in [0.15, 0.2) is 255 Å². The van der Waals surface area contributed by atoms with E-state index < -0.39 is 5.41 Å². The van der Waals surface area contributed by atoms with E-state index in [1.165, 1.54) is 64.7 Å². The van der Waals surface area contributed by atoms with Gasteiger partial charge >= 0.3 is 0 Å². The molecule has 10 aromatic carbocycles. The predicted octanol–water partition coefficient (Wildman–Crippen LogP) is 17.2. The number of benzene rings is 10. The van der Waals surface area contributed by atoms with Crippen molar-refractivity contribution in [2.45, 2.75) is 5.41 Å². The topological polar surface area (TPSA) is 25.8 Å². The molecule has 0 spiro atoms. The van der Waals surface area contributed by atoms with Crippen molar-refractivity contribution < 1.29 is 0 Å². The molecule has 1 aliphatic carbocycles. The molecule has 13 rings (SSSR count). The molecule has 2 heterocycles. The van der Waals surface area contributed by atoms with Gasteiger partial charge in [0.2, 0.25) is 0 Å². The number of fused-ring (bicyclic) bond motifs is 6. The molecule has 0 unspecified atom stereocenters.